The van der Waals surface area contributed by atoms with Crippen molar-refractivity contribution in [2.24, 2.45) is 11.7 Å². The topological polar surface area (TPSA) is 173 Å². The van der Waals surface area contributed by atoms with E-state index in [1.54, 1.807) is 4.90 Å². The van der Waals surface area contributed by atoms with Crippen LogP contribution in [0.15, 0.2) is 34.9 Å². The van der Waals surface area contributed by atoms with Crippen LogP contribution in [0.25, 0.3) is 0 Å². The highest BCUT2D eigenvalue weighted by Gasteiger charge is 2.33. The Kier molecular flexibility index (Phi) is 11.0. The number of primary amides is 1. The van der Waals surface area contributed by atoms with E-state index in [4.69, 9.17) is 19.7 Å². The van der Waals surface area contributed by atoms with Crippen LogP contribution in [0.2, 0.25) is 0 Å². The van der Waals surface area contributed by atoms with Gasteiger partial charge in [-0.1, -0.05) is 19.0 Å². The molecule has 4 N–H and O–H groups in total. The van der Waals surface area contributed by atoms with Crippen LogP contribution in [0, 0.1) is 11.7 Å². The lowest BCUT2D eigenvalue weighted by molar-refractivity contribution is -0.119. The van der Waals surface area contributed by atoms with Gasteiger partial charge in [0.05, 0.1) is 25.3 Å². The number of amides is 2. The second-order valence-electron chi connectivity index (χ2n) is 12.6. The minimum Gasteiger partial charge on any atom is -0.497 e. The smallest absolute Gasteiger partial charge is 0.409 e. The molecule has 0 aliphatic carbocycles. The number of anilines is 3. The van der Waals surface area contributed by atoms with E-state index in [0.717, 1.165) is 38.8 Å². The molecule has 2 aromatic carbocycles. The Labute approximate surface area is 278 Å². The average Bonchev–Trinajstić information content (AvgIpc) is 3.76. The van der Waals surface area contributed by atoms with Crippen LogP contribution in [0.4, 0.5) is 26.6 Å². The first kappa shape index (κ1) is 34.5. The lowest BCUT2D eigenvalue weighted by Crippen LogP contribution is -2.40. The number of carboxylic acid groups (broad SMARTS) is 1. The van der Waals surface area contributed by atoms with E-state index in [2.05, 4.69) is 20.4 Å². The third-order valence-electron chi connectivity index (χ3n) is 9.12. The highest BCUT2D eigenvalue weighted by atomic mass is 19.1. The maximum absolute atomic E-state index is 16.0. The van der Waals surface area contributed by atoms with E-state index in [0.29, 0.717) is 61.5 Å². The summed E-state index contributed by atoms with van der Waals surface area (Å²) in [6, 6.07) is 7.16. The number of nitrogens with two attached hydrogens (primary N) is 1. The molecule has 5 rings (SSSR count). The number of carbonyl (C=O) groups is 3. The average molecular weight is 667 g/mol. The van der Waals surface area contributed by atoms with E-state index in [9.17, 15) is 19.5 Å². The molecule has 3 heterocycles. The predicted octanol–water partition coefficient (Wildman–Crippen LogP) is 5.29. The molecule has 2 aliphatic heterocycles. The summed E-state index contributed by atoms with van der Waals surface area (Å²) >= 11 is 0. The standard InChI is InChI=1S/C34H43FN6O7/c1-20(2)32-38-33(48-39-32)40-13-10-21(11-14-40)6-5-15-47-30-18-26(35)23(17-29(30)41-12-4-7-28(41)31(36)43)25(19-42)24-16-22(46-3)8-9-27(24)37-34(44)45/h8-9,16-21,25,28,37H,4-7,10-15H2,1-3H3,(H2,36,43)(H,44,45). The van der Waals surface area contributed by atoms with Crippen LogP contribution in [-0.2, 0) is 9.59 Å². The molecule has 2 unspecified atom stereocenters. The summed E-state index contributed by atoms with van der Waals surface area (Å²) in [7, 11) is 1.43. The van der Waals surface area contributed by atoms with Crippen molar-refractivity contribution in [3.63, 3.8) is 0 Å². The van der Waals surface area contributed by atoms with E-state index in [1.165, 1.54) is 37.4 Å². The van der Waals surface area contributed by atoms with Gasteiger partial charge in [-0.25, -0.2) is 9.18 Å². The zero-order valence-corrected chi connectivity index (χ0v) is 27.5. The monoisotopic (exact) mass is 666 g/mol. The zero-order chi connectivity index (χ0) is 34.4. The maximum Gasteiger partial charge on any atom is 0.409 e. The molecule has 3 aromatic rings. The van der Waals surface area contributed by atoms with Gasteiger partial charge in [0.15, 0.2) is 5.82 Å². The summed E-state index contributed by atoms with van der Waals surface area (Å²) in [6.45, 7) is 6.50. The van der Waals surface area contributed by atoms with Crippen molar-refractivity contribution >= 4 is 35.7 Å². The van der Waals surface area contributed by atoms with Crippen molar-refractivity contribution in [2.45, 2.75) is 70.3 Å². The van der Waals surface area contributed by atoms with Gasteiger partial charge in [-0.15, -0.1) is 0 Å². The number of hydrogen-bond acceptors (Lipinski definition) is 10. The molecule has 0 bridgehead atoms. The molecule has 0 saturated carbocycles. The van der Waals surface area contributed by atoms with Crippen molar-refractivity contribution in [2.75, 3.05) is 48.5 Å². The lowest BCUT2D eigenvalue weighted by Gasteiger charge is -2.30. The highest BCUT2D eigenvalue weighted by Crippen LogP contribution is 2.41. The van der Waals surface area contributed by atoms with Crippen molar-refractivity contribution in [3.8, 4) is 11.5 Å². The van der Waals surface area contributed by atoms with Crippen LogP contribution in [0.5, 0.6) is 11.5 Å². The third-order valence-corrected chi connectivity index (χ3v) is 9.12. The Morgan fingerprint density at radius 2 is 1.94 bits per heavy atom. The largest absolute Gasteiger partial charge is 0.497 e. The SMILES string of the molecule is COc1ccc(NC(=O)O)c(C(C=O)c2cc(N3CCCC3C(N)=O)c(OCCCC3CCN(c4nc(C(C)C)no4)CC3)cc2F)c1. The number of rotatable bonds is 14. The van der Waals surface area contributed by atoms with Crippen molar-refractivity contribution in [1.82, 2.24) is 10.1 Å². The van der Waals surface area contributed by atoms with E-state index >= 15 is 4.39 Å². The molecule has 2 fully saturated rings. The fourth-order valence-corrected chi connectivity index (χ4v) is 6.51. The minimum absolute atomic E-state index is 0.00214. The van der Waals surface area contributed by atoms with E-state index in [1.807, 2.05) is 13.8 Å². The fraction of sp³-hybridized carbons (Fsp3) is 0.500. The summed E-state index contributed by atoms with van der Waals surface area (Å²) in [5.41, 5.74) is 6.51. The maximum atomic E-state index is 16.0. The van der Waals surface area contributed by atoms with Gasteiger partial charge in [-0.2, -0.15) is 4.98 Å². The molecule has 14 heteroatoms. The molecule has 0 spiro atoms. The molecule has 0 radical (unpaired) electrons. The zero-order valence-electron chi connectivity index (χ0n) is 27.5. The number of aldehydes is 1. The van der Waals surface area contributed by atoms with Gasteiger partial charge in [0, 0.05) is 42.9 Å². The number of hydrogen-bond donors (Lipinski definition) is 3. The van der Waals surface area contributed by atoms with Gasteiger partial charge in [-0.05, 0) is 74.3 Å². The van der Waals surface area contributed by atoms with Crippen LogP contribution in [0.1, 0.15) is 81.2 Å². The first-order valence-electron chi connectivity index (χ1n) is 16.3. The molecular weight excluding hydrogens is 623 g/mol. The Balaban J connectivity index is 1.32. The lowest BCUT2D eigenvalue weighted by atomic mass is 9.90. The van der Waals surface area contributed by atoms with Gasteiger partial charge in [0.1, 0.15) is 29.6 Å². The quantitative estimate of drug-likeness (QED) is 0.151. The van der Waals surface area contributed by atoms with Gasteiger partial charge in [0.2, 0.25) is 5.91 Å². The number of aromatic nitrogens is 2. The molecule has 1 aromatic heterocycles. The first-order chi connectivity index (χ1) is 23.1. The summed E-state index contributed by atoms with van der Waals surface area (Å²) in [4.78, 5) is 44.9. The van der Waals surface area contributed by atoms with Crippen molar-refractivity contribution in [1.29, 1.82) is 0 Å². The molecule has 13 nitrogen and oxygen atoms in total. The number of carbonyl (C=O) groups excluding carboxylic acids is 2. The van der Waals surface area contributed by atoms with Gasteiger partial charge in [-0.3, -0.25) is 10.1 Å². The fourth-order valence-electron chi connectivity index (χ4n) is 6.51. The highest BCUT2D eigenvalue weighted by molar-refractivity contribution is 5.88. The van der Waals surface area contributed by atoms with Crippen LogP contribution >= 0.6 is 0 Å². The van der Waals surface area contributed by atoms with Gasteiger partial charge in [0.25, 0.3) is 0 Å². The Morgan fingerprint density at radius 3 is 2.58 bits per heavy atom. The summed E-state index contributed by atoms with van der Waals surface area (Å²) in [5, 5.41) is 15.7. The van der Waals surface area contributed by atoms with Crippen LogP contribution in [-0.4, -0.2) is 72.9 Å². The van der Waals surface area contributed by atoms with Crippen LogP contribution < -0.4 is 30.3 Å². The Morgan fingerprint density at radius 1 is 1.17 bits per heavy atom. The second kappa shape index (κ2) is 15.3. The number of piperidine rings is 1. The minimum atomic E-state index is -1.34. The number of methoxy groups -OCH3 is 1. The number of ether oxygens (including phenoxy) is 2. The van der Waals surface area contributed by atoms with Crippen LogP contribution in [0.3, 0.4) is 0 Å². The van der Waals surface area contributed by atoms with E-state index < -0.39 is 29.8 Å². The molecule has 2 saturated heterocycles. The molecule has 2 atom stereocenters. The third kappa shape index (κ3) is 7.80. The summed E-state index contributed by atoms with van der Waals surface area (Å²) in [6.07, 6.45) is 4.03. The first-order valence-corrected chi connectivity index (χ1v) is 16.3. The van der Waals surface area contributed by atoms with Crippen molar-refractivity contribution in [3.05, 3.63) is 53.1 Å². The second-order valence-corrected chi connectivity index (χ2v) is 12.6. The summed E-state index contributed by atoms with van der Waals surface area (Å²) < 4.78 is 32.9. The normalized spacial score (nSPS) is 17.4. The summed E-state index contributed by atoms with van der Waals surface area (Å²) in [5.74, 6) is -0.420. The van der Waals surface area contributed by atoms with E-state index in [-0.39, 0.29) is 28.5 Å². The Bertz CT molecular complexity index is 1610. The molecule has 2 amide bonds. The number of benzene rings is 2. The Hall–Kier alpha value is -4.88. The van der Waals surface area contributed by atoms with Crippen molar-refractivity contribution < 1.29 is 37.9 Å². The molecular formula is C34H43FN6O7. The number of halogens is 1. The molecule has 48 heavy (non-hydrogen) atoms. The number of nitrogens with one attached hydrogen (secondary N) is 1. The predicted molar refractivity (Wildman–Crippen MR) is 177 cm³/mol. The van der Waals surface area contributed by atoms with Gasteiger partial charge < -0.3 is 39.4 Å². The molecule has 258 valence electrons. The molecule has 2 aliphatic rings. The van der Waals surface area contributed by atoms with Gasteiger partial charge >= 0.3 is 12.1 Å². The number of nitrogens with zero attached hydrogens (tertiary/aromatic N) is 4.